The summed E-state index contributed by atoms with van der Waals surface area (Å²) in [4.78, 5) is 0. The Balaban J connectivity index is 2.43. The number of hydrogen-bond donors (Lipinski definition) is 4. The normalized spacial score (nSPS) is 37.3. The zero-order valence-corrected chi connectivity index (χ0v) is 10.2. The van der Waals surface area contributed by atoms with Gasteiger partial charge in [0.2, 0.25) is 0 Å². The van der Waals surface area contributed by atoms with Crippen LogP contribution in [0.1, 0.15) is 19.8 Å². The van der Waals surface area contributed by atoms with Crippen molar-refractivity contribution in [1.29, 1.82) is 0 Å². The van der Waals surface area contributed by atoms with Gasteiger partial charge in [-0.15, -0.1) is 0 Å². The summed E-state index contributed by atoms with van der Waals surface area (Å²) in [5, 5.41) is 28.0. The molecule has 1 rings (SSSR count). The zero-order chi connectivity index (χ0) is 12.1. The highest BCUT2D eigenvalue weighted by molar-refractivity contribution is 7.80. The molecular weight excluding hydrogens is 232 g/mol. The molecule has 0 aliphatic carbocycles. The van der Waals surface area contributed by atoms with Crippen LogP contribution in [0.3, 0.4) is 0 Å². The number of ether oxygens (including phenoxy) is 2. The van der Waals surface area contributed by atoms with E-state index in [4.69, 9.17) is 14.6 Å². The molecule has 0 unspecified atom stereocenters. The van der Waals surface area contributed by atoms with Crippen LogP contribution < -0.4 is 0 Å². The van der Waals surface area contributed by atoms with Crippen molar-refractivity contribution in [2.45, 2.75) is 50.5 Å². The summed E-state index contributed by atoms with van der Waals surface area (Å²) >= 11 is 4.10. The van der Waals surface area contributed by atoms with Crippen LogP contribution in [0.25, 0.3) is 0 Å². The van der Waals surface area contributed by atoms with Crippen molar-refractivity contribution in [3.05, 3.63) is 0 Å². The smallest absolute Gasteiger partial charge is 0.161 e. The summed E-state index contributed by atoms with van der Waals surface area (Å²) in [7, 11) is 0. The maximum atomic E-state index is 9.56. The molecular formula is C10H20O5S. The minimum absolute atomic E-state index is 0.0238. The van der Waals surface area contributed by atoms with Crippen molar-refractivity contribution in [2.24, 2.45) is 0 Å². The van der Waals surface area contributed by atoms with Gasteiger partial charge in [-0.25, -0.2) is 0 Å². The van der Waals surface area contributed by atoms with Crippen molar-refractivity contribution in [1.82, 2.24) is 0 Å². The van der Waals surface area contributed by atoms with Crippen molar-refractivity contribution in [2.75, 3.05) is 12.4 Å². The zero-order valence-electron chi connectivity index (χ0n) is 9.32. The minimum atomic E-state index is -1.05. The molecule has 0 aromatic rings. The lowest BCUT2D eigenvalue weighted by atomic mass is 10.0. The largest absolute Gasteiger partial charge is 0.394 e. The van der Waals surface area contributed by atoms with E-state index in [2.05, 4.69) is 12.6 Å². The Labute approximate surface area is 101 Å². The van der Waals surface area contributed by atoms with Gasteiger partial charge in [-0.2, -0.15) is 12.6 Å². The number of aliphatic hydroxyl groups is 3. The standard InChI is InChI=1S/C10H20O5S/c1-6(2-3-16)14-9-4-7(12)10(13)8(5-11)15-9/h6-13,16H,2-5H2,1H3/t6-,7-,8-,9-,10-/m1/s1. The van der Waals surface area contributed by atoms with Crippen LogP contribution in [-0.4, -0.2) is 58.4 Å². The second-order valence-corrected chi connectivity index (χ2v) is 4.49. The predicted octanol–water partition coefficient (Wildman–Crippen LogP) is -0.460. The van der Waals surface area contributed by atoms with Crippen LogP contribution in [0, 0.1) is 0 Å². The molecule has 0 saturated carbocycles. The fourth-order valence-electron chi connectivity index (χ4n) is 1.66. The lowest BCUT2D eigenvalue weighted by Gasteiger charge is -2.37. The summed E-state index contributed by atoms with van der Waals surface area (Å²) < 4.78 is 10.9. The second-order valence-electron chi connectivity index (χ2n) is 4.04. The van der Waals surface area contributed by atoms with Gasteiger partial charge in [0.1, 0.15) is 12.2 Å². The van der Waals surface area contributed by atoms with Gasteiger partial charge in [-0.3, -0.25) is 0 Å². The van der Waals surface area contributed by atoms with Crippen LogP contribution in [0.4, 0.5) is 0 Å². The lowest BCUT2D eigenvalue weighted by molar-refractivity contribution is -0.267. The predicted molar refractivity (Wildman–Crippen MR) is 61.4 cm³/mol. The Morgan fingerprint density at radius 1 is 1.50 bits per heavy atom. The minimum Gasteiger partial charge on any atom is -0.394 e. The van der Waals surface area contributed by atoms with E-state index in [0.29, 0.717) is 5.75 Å². The SMILES string of the molecule is C[C@H](CCS)O[C@H]1C[C@@H](O)[C@@H](O)[C@@H](CO)O1. The highest BCUT2D eigenvalue weighted by Gasteiger charge is 2.37. The molecule has 0 bridgehead atoms. The lowest BCUT2D eigenvalue weighted by Crippen LogP contribution is -2.51. The summed E-state index contributed by atoms with van der Waals surface area (Å²) in [6, 6.07) is 0. The van der Waals surface area contributed by atoms with Gasteiger partial charge in [0.25, 0.3) is 0 Å². The molecule has 5 atom stereocenters. The van der Waals surface area contributed by atoms with Crippen molar-refractivity contribution < 1.29 is 24.8 Å². The molecule has 0 spiro atoms. The molecule has 1 fully saturated rings. The highest BCUT2D eigenvalue weighted by Crippen LogP contribution is 2.22. The van der Waals surface area contributed by atoms with Gasteiger partial charge >= 0.3 is 0 Å². The summed E-state index contributed by atoms with van der Waals surface area (Å²) in [6.07, 6.45) is -2.35. The van der Waals surface area contributed by atoms with E-state index in [1.807, 2.05) is 6.92 Å². The molecule has 6 heteroatoms. The highest BCUT2D eigenvalue weighted by atomic mass is 32.1. The Hall–Kier alpha value is 0.150. The first-order valence-electron chi connectivity index (χ1n) is 5.47. The molecule has 5 nitrogen and oxygen atoms in total. The van der Waals surface area contributed by atoms with E-state index in [1.54, 1.807) is 0 Å². The van der Waals surface area contributed by atoms with Gasteiger partial charge in [-0.1, -0.05) is 0 Å². The Morgan fingerprint density at radius 2 is 2.19 bits per heavy atom. The summed E-state index contributed by atoms with van der Waals surface area (Å²) in [5.41, 5.74) is 0. The van der Waals surface area contributed by atoms with Crippen LogP contribution in [0.15, 0.2) is 0 Å². The number of rotatable bonds is 5. The first-order chi connectivity index (χ1) is 7.58. The molecule has 0 aromatic carbocycles. The fraction of sp³-hybridized carbons (Fsp3) is 1.00. The van der Waals surface area contributed by atoms with E-state index < -0.39 is 24.6 Å². The molecule has 96 valence electrons. The first-order valence-corrected chi connectivity index (χ1v) is 6.10. The van der Waals surface area contributed by atoms with E-state index >= 15 is 0 Å². The number of hydrogen-bond acceptors (Lipinski definition) is 6. The molecule has 16 heavy (non-hydrogen) atoms. The Bertz CT molecular complexity index is 204. The quantitative estimate of drug-likeness (QED) is 0.498. The second kappa shape index (κ2) is 6.78. The van der Waals surface area contributed by atoms with E-state index in [-0.39, 0.29) is 19.1 Å². The van der Waals surface area contributed by atoms with Crippen LogP contribution in [-0.2, 0) is 9.47 Å². The van der Waals surface area contributed by atoms with E-state index in [0.717, 1.165) is 6.42 Å². The molecule has 0 radical (unpaired) electrons. The third-order valence-electron chi connectivity index (χ3n) is 2.64. The molecule has 1 saturated heterocycles. The fourth-order valence-corrected chi connectivity index (χ4v) is 2.03. The molecule has 0 aromatic heterocycles. The first kappa shape index (κ1) is 14.2. The maximum absolute atomic E-state index is 9.56. The Morgan fingerprint density at radius 3 is 2.75 bits per heavy atom. The van der Waals surface area contributed by atoms with Crippen LogP contribution in [0.2, 0.25) is 0 Å². The third kappa shape index (κ3) is 3.87. The average molecular weight is 252 g/mol. The number of aliphatic hydroxyl groups excluding tert-OH is 3. The van der Waals surface area contributed by atoms with E-state index in [9.17, 15) is 10.2 Å². The van der Waals surface area contributed by atoms with Crippen molar-refractivity contribution >= 4 is 12.6 Å². The molecule has 1 heterocycles. The van der Waals surface area contributed by atoms with Gasteiger partial charge in [-0.05, 0) is 19.1 Å². The van der Waals surface area contributed by atoms with Gasteiger partial charge < -0.3 is 24.8 Å². The summed E-state index contributed by atoms with van der Waals surface area (Å²) in [5.74, 6) is 0.711. The van der Waals surface area contributed by atoms with Gasteiger partial charge in [0.15, 0.2) is 6.29 Å². The van der Waals surface area contributed by atoms with Crippen molar-refractivity contribution in [3.63, 3.8) is 0 Å². The summed E-state index contributed by atoms with van der Waals surface area (Å²) in [6.45, 7) is 1.56. The van der Waals surface area contributed by atoms with Crippen LogP contribution in [0.5, 0.6) is 0 Å². The Kier molecular flexibility index (Phi) is 6.02. The van der Waals surface area contributed by atoms with Gasteiger partial charge in [0.05, 0.1) is 18.8 Å². The molecule has 1 aliphatic rings. The monoisotopic (exact) mass is 252 g/mol. The molecule has 3 N–H and O–H groups in total. The molecule has 1 aliphatic heterocycles. The topological polar surface area (TPSA) is 79.2 Å². The van der Waals surface area contributed by atoms with Gasteiger partial charge in [0, 0.05) is 6.42 Å². The molecule has 0 amide bonds. The third-order valence-corrected chi connectivity index (χ3v) is 2.89. The van der Waals surface area contributed by atoms with Crippen LogP contribution >= 0.6 is 12.6 Å². The maximum Gasteiger partial charge on any atom is 0.161 e. The van der Waals surface area contributed by atoms with E-state index in [1.165, 1.54) is 0 Å². The average Bonchev–Trinajstić information content (AvgIpc) is 2.23. The number of thiol groups is 1. The van der Waals surface area contributed by atoms with Crippen molar-refractivity contribution in [3.8, 4) is 0 Å².